The molecule has 128 valence electrons. The monoisotopic (exact) mass is 351 g/mol. The van der Waals surface area contributed by atoms with Crippen LogP contribution in [-0.4, -0.2) is 33.7 Å². The lowest BCUT2D eigenvalue weighted by Crippen LogP contribution is -2.24. The molecular formula is C16H17NO6S. The second kappa shape index (κ2) is 7.33. The van der Waals surface area contributed by atoms with E-state index in [4.69, 9.17) is 14.6 Å². The van der Waals surface area contributed by atoms with Gasteiger partial charge in [0.1, 0.15) is 16.4 Å². The van der Waals surface area contributed by atoms with Crippen molar-refractivity contribution in [2.24, 2.45) is 0 Å². The Morgan fingerprint density at radius 2 is 1.88 bits per heavy atom. The highest BCUT2D eigenvalue weighted by Crippen LogP contribution is 2.25. The highest BCUT2D eigenvalue weighted by Gasteiger charge is 2.21. The van der Waals surface area contributed by atoms with Gasteiger partial charge in [0.25, 0.3) is 0 Å². The van der Waals surface area contributed by atoms with Crippen LogP contribution in [0.5, 0.6) is 11.5 Å². The molecule has 2 aromatic rings. The number of hydrogen-bond acceptors (Lipinski definition) is 5. The number of rotatable bonds is 7. The first kappa shape index (κ1) is 17.8. The zero-order valence-electron chi connectivity index (χ0n) is 13.1. The average molecular weight is 351 g/mol. The lowest BCUT2D eigenvalue weighted by molar-refractivity contribution is 0.0696. The quantitative estimate of drug-likeness (QED) is 0.790. The van der Waals surface area contributed by atoms with Crippen molar-refractivity contribution in [3.05, 3.63) is 53.6 Å². The molecule has 0 atom stereocenters. The molecule has 0 aliphatic carbocycles. The summed E-state index contributed by atoms with van der Waals surface area (Å²) in [4.78, 5) is 10.8. The van der Waals surface area contributed by atoms with Gasteiger partial charge in [0.2, 0.25) is 10.0 Å². The van der Waals surface area contributed by atoms with Crippen LogP contribution in [0.25, 0.3) is 0 Å². The van der Waals surface area contributed by atoms with Crippen molar-refractivity contribution in [3.8, 4) is 11.5 Å². The Labute approximate surface area is 139 Å². The number of carboxylic acids is 1. The van der Waals surface area contributed by atoms with E-state index in [0.29, 0.717) is 11.3 Å². The Kier molecular flexibility index (Phi) is 5.42. The van der Waals surface area contributed by atoms with Gasteiger partial charge in [0, 0.05) is 6.54 Å². The van der Waals surface area contributed by atoms with Crippen LogP contribution in [0, 0.1) is 0 Å². The second-order valence-corrected chi connectivity index (χ2v) is 6.58. The van der Waals surface area contributed by atoms with E-state index >= 15 is 0 Å². The molecule has 7 nitrogen and oxygen atoms in total. The molecule has 0 aromatic heterocycles. The van der Waals surface area contributed by atoms with E-state index in [-0.39, 0.29) is 22.8 Å². The van der Waals surface area contributed by atoms with Gasteiger partial charge in [-0.25, -0.2) is 17.9 Å². The second-order valence-electron chi connectivity index (χ2n) is 4.85. The lowest BCUT2D eigenvalue weighted by Gasteiger charge is -2.12. The standard InChI is InChI=1S/C16H17NO6S/c1-22-13-5-3-4-11(8-13)10-17-24(20,21)15-9-12(16(18)19)6-7-14(15)23-2/h3-9,17H,10H2,1-2H3,(H,18,19). The topological polar surface area (TPSA) is 102 Å². The largest absolute Gasteiger partial charge is 0.497 e. The number of sulfonamides is 1. The fraction of sp³-hybridized carbons (Fsp3) is 0.188. The van der Waals surface area contributed by atoms with Crippen molar-refractivity contribution in [2.75, 3.05) is 14.2 Å². The van der Waals surface area contributed by atoms with Gasteiger partial charge < -0.3 is 14.6 Å². The van der Waals surface area contributed by atoms with Gasteiger partial charge in [-0.05, 0) is 35.9 Å². The third kappa shape index (κ3) is 4.03. The maximum Gasteiger partial charge on any atom is 0.335 e. The fourth-order valence-electron chi connectivity index (χ4n) is 2.06. The van der Waals surface area contributed by atoms with Crippen molar-refractivity contribution in [1.82, 2.24) is 4.72 Å². The summed E-state index contributed by atoms with van der Waals surface area (Å²) in [6.07, 6.45) is 0. The predicted molar refractivity (Wildman–Crippen MR) is 87.0 cm³/mol. The number of carbonyl (C=O) groups is 1. The molecule has 0 saturated heterocycles. The molecule has 0 aliphatic heterocycles. The van der Waals surface area contributed by atoms with Crippen molar-refractivity contribution in [1.29, 1.82) is 0 Å². The number of ether oxygens (including phenoxy) is 2. The van der Waals surface area contributed by atoms with Crippen LogP contribution in [0.2, 0.25) is 0 Å². The molecule has 2 aromatic carbocycles. The van der Waals surface area contributed by atoms with Crippen molar-refractivity contribution in [3.63, 3.8) is 0 Å². The van der Waals surface area contributed by atoms with Gasteiger partial charge in [-0.15, -0.1) is 0 Å². The first-order chi connectivity index (χ1) is 11.4. The average Bonchev–Trinajstić information content (AvgIpc) is 2.59. The van der Waals surface area contributed by atoms with Gasteiger partial charge in [-0.3, -0.25) is 0 Å². The van der Waals surface area contributed by atoms with E-state index in [2.05, 4.69) is 4.72 Å². The van der Waals surface area contributed by atoms with Gasteiger partial charge in [0.05, 0.1) is 19.8 Å². The number of hydrogen-bond donors (Lipinski definition) is 2. The van der Waals surface area contributed by atoms with Crippen LogP contribution in [0.15, 0.2) is 47.4 Å². The first-order valence-electron chi connectivity index (χ1n) is 6.91. The lowest BCUT2D eigenvalue weighted by atomic mass is 10.2. The molecule has 2 N–H and O–H groups in total. The van der Waals surface area contributed by atoms with Crippen LogP contribution in [0.3, 0.4) is 0 Å². The SMILES string of the molecule is COc1cccc(CNS(=O)(=O)c2cc(C(=O)O)ccc2OC)c1. The molecule has 8 heteroatoms. The summed E-state index contributed by atoms with van der Waals surface area (Å²) < 4.78 is 37.5. The fourth-order valence-corrected chi connectivity index (χ4v) is 3.27. The zero-order valence-corrected chi connectivity index (χ0v) is 14.0. The van der Waals surface area contributed by atoms with Crippen LogP contribution < -0.4 is 14.2 Å². The Balaban J connectivity index is 2.29. The summed E-state index contributed by atoms with van der Waals surface area (Å²) in [5.74, 6) is -0.544. The summed E-state index contributed by atoms with van der Waals surface area (Å²) in [6.45, 7) is 0.0278. The van der Waals surface area contributed by atoms with E-state index in [1.165, 1.54) is 26.4 Å². The molecule has 2 rings (SSSR count). The molecular weight excluding hydrogens is 334 g/mol. The maximum absolute atomic E-state index is 12.5. The number of nitrogens with one attached hydrogen (secondary N) is 1. The highest BCUT2D eigenvalue weighted by atomic mass is 32.2. The zero-order chi connectivity index (χ0) is 17.7. The van der Waals surface area contributed by atoms with Crippen LogP contribution >= 0.6 is 0 Å². The summed E-state index contributed by atoms with van der Waals surface area (Å²) in [7, 11) is -1.12. The van der Waals surface area contributed by atoms with E-state index in [9.17, 15) is 13.2 Å². The Morgan fingerprint density at radius 1 is 1.12 bits per heavy atom. The number of carboxylic acid groups (broad SMARTS) is 1. The van der Waals surface area contributed by atoms with Crippen LogP contribution in [-0.2, 0) is 16.6 Å². The minimum Gasteiger partial charge on any atom is -0.497 e. The molecule has 0 fully saturated rings. The maximum atomic E-state index is 12.5. The molecule has 0 radical (unpaired) electrons. The van der Waals surface area contributed by atoms with Gasteiger partial charge in [-0.1, -0.05) is 12.1 Å². The third-order valence-electron chi connectivity index (χ3n) is 3.30. The summed E-state index contributed by atoms with van der Waals surface area (Å²) in [5.41, 5.74) is 0.559. The summed E-state index contributed by atoms with van der Waals surface area (Å²) in [6, 6.07) is 10.6. The Hall–Kier alpha value is -2.58. The smallest absolute Gasteiger partial charge is 0.335 e. The third-order valence-corrected chi connectivity index (χ3v) is 4.72. The van der Waals surface area contributed by atoms with Crippen molar-refractivity contribution in [2.45, 2.75) is 11.4 Å². The molecule has 0 amide bonds. The summed E-state index contributed by atoms with van der Waals surface area (Å²) >= 11 is 0. The number of aromatic carboxylic acids is 1. The molecule has 0 bridgehead atoms. The van der Waals surface area contributed by atoms with E-state index in [1.807, 2.05) is 0 Å². The molecule has 0 heterocycles. The minimum absolute atomic E-state index is 0.0278. The van der Waals surface area contributed by atoms with Gasteiger partial charge >= 0.3 is 5.97 Å². The first-order valence-corrected chi connectivity index (χ1v) is 8.39. The van der Waals surface area contributed by atoms with E-state index < -0.39 is 16.0 Å². The number of benzene rings is 2. The van der Waals surface area contributed by atoms with Crippen LogP contribution in [0.4, 0.5) is 0 Å². The Bertz CT molecular complexity index is 847. The minimum atomic E-state index is -3.96. The molecule has 24 heavy (non-hydrogen) atoms. The molecule has 0 saturated carbocycles. The van der Waals surface area contributed by atoms with Gasteiger partial charge in [0.15, 0.2) is 0 Å². The van der Waals surface area contributed by atoms with Gasteiger partial charge in [-0.2, -0.15) is 0 Å². The van der Waals surface area contributed by atoms with Crippen molar-refractivity contribution >= 4 is 16.0 Å². The summed E-state index contributed by atoms with van der Waals surface area (Å²) in [5, 5.41) is 9.03. The van der Waals surface area contributed by atoms with Crippen LogP contribution in [0.1, 0.15) is 15.9 Å². The molecule has 0 spiro atoms. The number of methoxy groups -OCH3 is 2. The Morgan fingerprint density at radius 3 is 2.50 bits per heavy atom. The highest BCUT2D eigenvalue weighted by molar-refractivity contribution is 7.89. The van der Waals surface area contributed by atoms with Crippen molar-refractivity contribution < 1.29 is 27.8 Å². The molecule has 0 unspecified atom stereocenters. The van der Waals surface area contributed by atoms with E-state index in [1.54, 1.807) is 24.3 Å². The normalized spacial score (nSPS) is 11.1. The van der Waals surface area contributed by atoms with E-state index in [0.717, 1.165) is 6.07 Å². The predicted octanol–water partition coefficient (Wildman–Crippen LogP) is 1.88. The molecule has 0 aliphatic rings.